The van der Waals surface area contributed by atoms with Crippen LogP contribution in [0.3, 0.4) is 0 Å². The second-order valence-electron chi connectivity index (χ2n) is 3.96. The molecule has 0 heterocycles. The van der Waals surface area contributed by atoms with E-state index in [1.54, 1.807) is 0 Å². The van der Waals surface area contributed by atoms with Crippen LogP contribution in [-0.4, -0.2) is 52.0 Å². The van der Waals surface area contributed by atoms with Gasteiger partial charge in [0, 0.05) is 6.54 Å². The van der Waals surface area contributed by atoms with Gasteiger partial charge in [-0.15, -0.1) is 0 Å². The van der Waals surface area contributed by atoms with Crippen molar-refractivity contribution in [3.8, 4) is 0 Å². The number of nitrogens with zero attached hydrogens (tertiary/aromatic N) is 1. The van der Waals surface area contributed by atoms with Crippen molar-refractivity contribution in [1.29, 1.82) is 0 Å². The van der Waals surface area contributed by atoms with Gasteiger partial charge in [0.2, 0.25) is 0 Å². The first-order chi connectivity index (χ1) is 7.03. The number of carboxylic acids is 1. The van der Waals surface area contributed by atoms with Crippen LogP contribution >= 0.6 is 0 Å². The van der Waals surface area contributed by atoms with Gasteiger partial charge in [-0.25, -0.2) is 0 Å². The first-order valence-electron chi connectivity index (χ1n) is 4.76. The molecule has 7 heteroatoms. The van der Waals surface area contributed by atoms with Crippen LogP contribution < -0.4 is 0 Å². The average molecular weight is 243 g/mol. The van der Waals surface area contributed by atoms with Crippen molar-refractivity contribution in [3.05, 3.63) is 0 Å². The Balaban J connectivity index is 4.72. The van der Waals surface area contributed by atoms with Crippen molar-refractivity contribution in [2.75, 3.05) is 13.1 Å². The molecule has 0 aromatic rings. The van der Waals surface area contributed by atoms with E-state index in [1.165, 1.54) is 20.8 Å². The number of hydrogen-bond donors (Lipinski definition) is 2. The molecule has 1 unspecified atom stereocenters. The quantitative estimate of drug-likeness (QED) is 0.759. The largest absolute Gasteiger partial charge is 0.480 e. The highest BCUT2D eigenvalue weighted by Crippen LogP contribution is 2.23. The number of alkyl halides is 3. The molecule has 0 aromatic heterocycles. The molecule has 0 saturated carbocycles. The second-order valence-corrected chi connectivity index (χ2v) is 3.96. The lowest BCUT2D eigenvalue weighted by Gasteiger charge is -2.35. The first-order valence-corrected chi connectivity index (χ1v) is 4.76. The lowest BCUT2D eigenvalue weighted by atomic mass is 10.0. The Kier molecular flexibility index (Phi) is 4.75. The fourth-order valence-corrected chi connectivity index (χ4v) is 1.20. The molecule has 0 rings (SSSR count). The molecule has 0 radical (unpaired) electrons. The van der Waals surface area contributed by atoms with Crippen molar-refractivity contribution in [1.82, 2.24) is 4.90 Å². The molecule has 0 aliphatic heterocycles. The maximum atomic E-state index is 12.1. The van der Waals surface area contributed by atoms with Gasteiger partial charge in [0.05, 0.1) is 0 Å². The number of aliphatic carboxylic acids is 1. The van der Waals surface area contributed by atoms with Gasteiger partial charge in [-0.2, -0.15) is 13.2 Å². The molecule has 16 heavy (non-hydrogen) atoms. The molecule has 0 bridgehead atoms. The van der Waals surface area contributed by atoms with Gasteiger partial charge in [-0.05, 0) is 20.4 Å². The maximum Gasteiger partial charge on any atom is 0.415 e. The summed E-state index contributed by atoms with van der Waals surface area (Å²) in [6.45, 7) is 3.48. The van der Waals surface area contributed by atoms with Gasteiger partial charge < -0.3 is 10.2 Å². The van der Waals surface area contributed by atoms with Crippen LogP contribution in [0.2, 0.25) is 0 Å². The van der Waals surface area contributed by atoms with E-state index in [0.717, 1.165) is 4.90 Å². The number of carbonyl (C=O) groups is 1. The highest BCUT2D eigenvalue weighted by molar-refractivity contribution is 5.77. The van der Waals surface area contributed by atoms with E-state index >= 15 is 0 Å². The zero-order chi connectivity index (χ0) is 13.1. The van der Waals surface area contributed by atoms with Crippen molar-refractivity contribution in [2.24, 2.45) is 0 Å². The zero-order valence-corrected chi connectivity index (χ0v) is 9.38. The highest BCUT2D eigenvalue weighted by atomic mass is 19.4. The number of aliphatic hydroxyl groups excluding tert-OH is 1. The van der Waals surface area contributed by atoms with E-state index in [9.17, 15) is 18.0 Å². The van der Waals surface area contributed by atoms with Gasteiger partial charge in [0.1, 0.15) is 5.54 Å². The lowest BCUT2D eigenvalue weighted by Crippen LogP contribution is -2.54. The summed E-state index contributed by atoms with van der Waals surface area (Å²) in [7, 11) is 0. The van der Waals surface area contributed by atoms with E-state index in [2.05, 4.69) is 0 Å². The monoisotopic (exact) mass is 243 g/mol. The van der Waals surface area contributed by atoms with Crippen LogP contribution in [0.25, 0.3) is 0 Å². The standard InChI is InChI=1S/C9H16F3NO3/c1-4-13(8(2,3)7(15)16)5-6(14)9(10,11)12/h6,14H,4-5H2,1-3H3,(H,15,16). The number of halogens is 3. The smallest absolute Gasteiger partial charge is 0.415 e. The molecular weight excluding hydrogens is 227 g/mol. The summed E-state index contributed by atoms with van der Waals surface area (Å²) in [5, 5.41) is 17.7. The molecule has 96 valence electrons. The molecule has 0 saturated heterocycles. The number of rotatable bonds is 5. The number of aliphatic hydroxyl groups is 1. The molecule has 0 fully saturated rings. The highest BCUT2D eigenvalue weighted by Gasteiger charge is 2.43. The van der Waals surface area contributed by atoms with Crippen LogP contribution in [0, 0.1) is 0 Å². The summed E-state index contributed by atoms with van der Waals surface area (Å²) in [5.41, 5.74) is -1.44. The van der Waals surface area contributed by atoms with Crippen molar-refractivity contribution in [3.63, 3.8) is 0 Å². The molecular formula is C9H16F3NO3. The minimum Gasteiger partial charge on any atom is -0.480 e. The van der Waals surface area contributed by atoms with Crippen LogP contribution in [0.15, 0.2) is 0 Å². The molecule has 4 nitrogen and oxygen atoms in total. The van der Waals surface area contributed by atoms with Crippen LogP contribution in [0.4, 0.5) is 13.2 Å². The Morgan fingerprint density at radius 3 is 2.06 bits per heavy atom. The fourth-order valence-electron chi connectivity index (χ4n) is 1.20. The number of likely N-dealkylation sites (N-methyl/N-ethyl adjacent to an activating group) is 1. The number of carboxylic acid groups (broad SMARTS) is 1. The van der Waals surface area contributed by atoms with Gasteiger partial charge in [0.25, 0.3) is 0 Å². The topological polar surface area (TPSA) is 60.8 Å². The summed E-state index contributed by atoms with van der Waals surface area (Å²) >= 11 is 0. The Bertz CT molecular complexity index is 253. The third kappa shape index (κ3) is 3.64. The van der Waals surface area contributed by atoms with Crippen LogP contribution in [0.5, 0.6) is 0 Å². The second kappa shape index (κ2) is 5.01. The Morgan fingerprint density at radius 2 is 1.81 bits per heavy atom. The van der Waals surface area contributed by atoms with Crippen LogP contribution in [0.1, 0.15) is 20.8 Å². The molecule has 0 aromatic carbocycles. The van der Waals surface area contributed by atoms with E-state index in [0.29, 0.717) is 0 Å². The summed E-state index contributed by atoms with van der Waals surface area (Å²) < 4.78 is 36.3. The predicted octanol–water partition coefficient (Wildman–Crippen LogP) is 1.09. The predicted molar refractivity (Wildman–Crippen MR) is 51.0 cm³/mol. The summed E-state index contributed by atoms with van der Waals surface area (Å²) in [5.74, 6) is -1.23. The first kappa shape index (κ1) is 15.2. The molecule has 0 spiro atoms. The molecule has 1 atom stereocenters. The average Bonchev–Trinajstić information content (AvgIpc) is 2.11. The van der Waals surface area contributed by atoms with Crippen molar-refractivity contribution < 1.29 is 28.2 Å². The maximum absolute atomic E-state index is 12.1. The summed E-state index contributed by atoms with van der Waals surface area (Å²) in [6, 6.07) is 0. The van der Waals surface area contributed by atoms with Gasteiger partial charge in [-0.3, -0.25) is 9.69 Å². The minimum atomic E-state index is -4.73. The van der Waals surface area contributed by atoms with E-state index in [4.69, 9.17) is 10.2 Å². The Hall–Kier alpha value is -0.820. The van der Waals surface area contributed by atoms with Gasteiger partial charge in [-0.1, -0.05) is 6.92 Å². The van der Waals surface area contributed by atoms with Crippen LogP contribution in [-0.2, 0) is 4.79 Å². The van der Waals surface area contributed by atoms with E-state index in [1.807, 2.05) is 0 Å². The lowest BCUT2D eigenvalue weighted by molar-refractivity contribution is -0.212. The number of β-amino-alcohol motifs (C(OH)–C–C–N with tert-alkyl or cyclic N) is 1. The van der Waals surface area contributed by atoms with E-state index in [-0.39, 0.29) is 6.54 Å². The third-order valence-corrected chi connectivity index (χ3v) is 2.47. The zero-order valence-electron chi connectivity index (χ0n) is 9.38. The third-order valence-electron chi connectivity index (χ3n) is 2.47. The molecule has 0 amide bonds. The van der Waals surface area contributed by atoms with Crippen molar-refractivity contribution >= 4 is 5.97 Å². The molecule has 0 aliphatic rings. The Morgan fingerprint density at radius 1 is 1.38 bits per heavy atom. The Labute approximate surface area is 91.7 Å². The summed E-state index contributed by atoms with van der Waals surface area (Å²) in [4.78, 5) is 11.9. The normalized spacial score (nSPS) is 15.2. The number of hydrogen-bond acceptors (Lipinski definition) is 3. The minimum absolute atomic E-state index is 0.104. The van der Waals surface area contributed by atoms with Gasteiger partial charge in [0.15, 0.2) is 6.10 Å². The van der Waals surface area contributed by atoms with Gasteiger partial charge >= 0.3 is 12.1 Å². The summed E-state index contributed by atoms with van der Waals surface area (Å²) in [6.07, 6.45) is -7.27. The van der Waals surface area contributed by atoms with Crippen molar-refractivity contribution in [2.45, 2.75) is 38.6 Å². The fraction of sp³-hybridized carbons (Fsp3) is 0.889. The molecule has 2 N–H and O–H groups in total. The molecule has 0 aliphatic carbocycles. The van der Waals surface area contributed by atoms with E-state index < -0.39 is 30.3 Å². The SMILES string of the molecule is CCN(CC(O)C(F)(F)F)C(C)(C)C(=O)O.